The first-order chi connectivity index (χ1) is 13.2. The summed E-state index contributed by atoms with van der Waals surface area (Å²) in [6.45, 7) is -0.0658. The lowest BCUT2D eigenvalue weighted by Gasteiger charge is -2.31. The van der Waals surface area contributed by atoms with Gasteiger partial charge in [0.05, 0.1) is 10.5 Å². The van der Waals surface area contributed by atoms with Gasteiger partial charge in [-0.15, -0.1) is 0 Å². The number of rotatable bonds is 4. The monoisotopic (exact) mass is 413 g/mol. The lowest BCUT2D eigenvalue weighted by atomic mass is 9.97. The van der Waals surface area contributed by atoms with E-state index in [2.05, 4.69) is 10.3 Å². The van der Waals surface area contributed by atoms with Crippen LogP contribution >= 0.6 is 0 Å². The van der Waals surface area contributed by atoms with E-state index in [1.807, 2.05) is 0 Å². The third-order valence-electron chi connectivity index (χ3n) is 4.55. The van der Waals surface area contributed by atoms with Crippen LogP contribution in [0.3, 0.4) is 0 Å². The van der Waals surface area contributed by atoms with Crippen molar-refractivity contribution < 1.29 is 26.4 Å². The van der Waals surface area contributed by atoms with Gasteiger partial charge in [0, 0.05) is 25.2 Å². The zero-order valence-corrected chi connectivity index (χ0v) is 15.5. The molecule has 1 amide bonds. The summed E-state index contributed by atoms with van der Waals surface area (Å²) in [5.41, 5.74) is -1.19. The molecule has 6 nitrogen and oxygen atoms in total. The van der Waals surface area contributed by atoms with Crippen LogP contribution in [0.1, 0.15) is 18.4 Å². The summed E-state index contributed by atoms with van der Waals surface area (Å²) in [6, 6.07) is 9.17. The standard InChI is InChI=1S/C18H18F3N3O3S/c19-18(20,21)14-5-1-2-6-15(14)28(26,27)24-11-8-13(9-12-24)17(25)23-16-7-3-4-10-22-16/h1-7,10,13H,8-9,11-12H2,(H,22,23,25). The first kappa shape index (κ1) is 20.3. The van der Waals surface area contributed by atoms with Crippen LogP contribution in [0.15, 0.2) is 53.6 Å². The number of halogens is 3. The Bertz CT molecular complexity index is 941. The molecule has 0 spiro atoms. The molecule has 28 heavy (non-hydrogen) atoms. The Hall–Kier alpha value is -2.46. The zero-order chi connectivity index (χ0) is 20.4. The molecule has 1 aliphatic heterocycles. The molecule has 0 radical (unpaired) electrons. The molecule has 2 aromatic rings. The van der Waals surface area contributed by atoms with E-state index in [0.717, 1.165) is 22.5 Å². The van der Waals surface area contributed by atoms with E-state index in [0.29, 0.717) is 5.82 Å². The molecule has 1 aliphatic rings. The number of piperidine rings is 1. The van der Waals surface area contributed by atoms with Crippen LogP contribution in [-0.2, 0) is 21.0 Å². The maximum Gasteiger partial charge on any atom is 0.417 e. The molecule has 150 valence electrons. The molecule has 1 N–H and O–H groups in total. The summed E-state index contributed by atoms with van der Waals surface area (Å²) in [5.74, 6) is -0.334. The fourth-order valence-corrected chi connectivity index (χ4v) is 4.77. The van der Waals surface area contributed by atoms with Gasteiger partial charge in [0.25, 0.3) is 0 Å². The lowest BCUT2D eigenvalue weighted by Crippen LogP contribution is -2.42. The Morgan fingerprint density at radius 2 is 1.71 bits per heavy atom. The molecule has 3 rings (SSSR count). The molecule has 0 atom stereocenters. The summed E-state index contributed by atoms with van der Waals surface area (Å²) in [5, 5.41) is 2.66. The second-order valence-corrected chi connectivity index (χ2v) is 8.28. The van der Waals surface area contributed by atoms with Crippen LogP contribution in [0.5, 0.6) is 0 Å². The van der Waals surface area contributed by atoms with E-state index >= 15 is 0 Å². The highest BCUT2D eigenvalue weighted by molar-refractivity contribution is 7.89. The van der Waals surface area contributed by atoms with Gasteiger partial charge in [-0.25, -0.2) is 13.4 Å². The SMILES string of the molecule is O=C(Nc1ccccn1)C1CCN(S(=O)(=O)c2ccccc2C(F)(F)F)CC1. The first-order valence-corrected chi connectivity index (χ1v) is 10.0. The van der Waals surface area contributed by atoms with Crippen LogP contribution in [0.4, 0.5) is 19.0 Å². The van der Waals surface area contributed by atoms with Gasteiger partial charge >= 0.3 is 6.18 Å². The molecule has 0 aliphatic carbocycles. The molecule has 0 bridgehead atoms. The molecule has 1 fully saturated rings. The van der Waals surface area contributed by atoms with E-state index in [1.54, 1.807) is 18.2 Å². The second kappa shape index (κ2) is 7.88. The molecule has 1 aromatic heterocycles. The third kappa shape index (κ3) is 4.33. The Labute approximate surface area is 160 Å². The zero-order valence-electron chi connectivity index (χ0n) is 14.7. The van der Waals surface area contributed by atoms with Crippen LogP contribution in [0.25, 0.3) is 0 Å². The van der Waals surface area contributed by atoms with Crippen molar-refractivity contribution in [1.29, 1.82) is 0 Å². The minimum Gasteiger partial charge on any atom is -0.310 e. The highest BCUT2D eigenvalue weighted by Crippen LogP contribution is 2.36. The Balaban J connectivity index is 1.70. The minimum absolute atomic E-state index is 0.0329. The van der Waals surface area contributed by atoms with Gasteiger partial charge in [-0.05, 0) is 37.1 Å². The van der Waals surface area contributed by atoms with E-state index in [-0.39, 0.29) is 31.8 Å². The van der Waals surface area contributed by atoms with Gasteiger partial charge in [0.2, 0.25) is 15.9 Å². The number of hydrogen-bond donors (Lipinski definition) is 1. The maximum absolute atomic E-state index is 13.2. The molecule has 1 aromatic carbocycles. The molecular formula is C18H18F3N3O3S. The van der Waals surface area contributed by atoms with Crippen LogP contribution in [-0.4, -0.2) is 36.7 Å². The van der Waals surface area contributed by atoms with Crippen molar-refractivity contribution >= 4 is 21.7 Å². The van der Waals surface area contributed by atoms with E-state index in [1.165, 1.54) is 12.3 Å². The largest absolute Gasteiger partial charge is 0.417 e. The van der Waals surface area contributed by atoms with Crippen molar-refractivity contribution in [2.75, 3.05) is 18.4 Å². The number of aromatic nitrogens is 1. The fraction of sp³-hybridized carbons (Fsp3) is 0.333. The van der Waals surface area contributed by atoms with E-state index < -0.39 is 32.6 Å². The normalized spacial score (nSPS) is 16.7. The van der Waals surface area contributed by atoms with Crippen molar-refractivity contribution in [3.8, 4) is 0 Å². The summed E-state index contributed by atoms with van der Waals surface area (Å²) in [4.78, 5) is 15.5. The van der Waals surface area contributed by atoms with Crippen molar-refractivity contribution in [3.05, 3.63) is 54.2 Å². The molecule has 0 unspecified atom stereocenters. The number of alkyl halides is 3. The van der Waals surface area contributed by atoms with Crippen LogP contribution in [0.2, 0.25) is 0 Å². The maximum atomic E-state index is 13.2. The average Bonchev–Trinajstić information content (AvgIpc) is 2.68. The summed E-state index contributed by atoms with van der Waals surface area (Å²) in [6.07, 6.45) is -2.81. The molecule has 1 saturated heterocycles. The van der Waals surface area contributed by atoms with Crippen molar-refractivity contribution in [3.63, 3.8) is 0 Å². The Morgan fingerprint density at radius 1 is 1.07 bits per heavy atom. The van der Waals surface area contributed by atoms with Crippen LogP contribution in [0, 0.1) is 5.92 Å². The smallest absolute Gasteiger partial charge is 0.310 e. The molecule has 2 heterocycles. The number of anilines is 1. The second-order valence-electron chi connectivity index (χ2n) is 6.38. The summed E-state index contributed by atoms with van der Waals surface area (Å²) >= 11 is 0. The minimum atomic E-state index is -4.77. The fourth-order valence-electron chi connectivity index (χ4n) is 3.09. The lowest BCUT2D eigenvalue weighted by molar-refractivity contribution is -0.139. The van der Waals surface area contributed by atoms with Gasteiger partial charge < -0.3 is 5.32 Å². The number of pyridine rings is 1. The van der Waals surface area contributed by atoms with E-state index in [9.17, 15) is 26.4 Å². The topological polar surface area (TPSA) is 79.4 Å². The Kier molecular flexibility index (Phi) is 5.71. The van der Waals surface area contributed by atoms with Crippen molar-refractivity contribution in [2.45, 2.75) is 23.9 Å². The molecular weight excluding hydrogens is 395 g/mol. The number of carbonyl (C=O) groups excluding carboxylic acids is 1. The van der Waals surface area contributed by atoms with Crippen molar-refractivity contribution in [1.82, 2.24) is 9.29 Å². The predicted octanol–water partition coefficient (Wildman–Crippen LogP) is 3.14. The number of amides is 1. The highest BCUT2D eigenvalue weighted by Gasteiger charge is 2.40. The number of sulfonamides is 1. The number of nitrogens with one attached hydrogen (secondary N) is 1. The first-order valence-electron chi connectivity index (χ1n) is 8.58. The number of carbonyl (C=O) groups is 1. The van der Waals surface area contributed by atoms with E-state index in [4.69, 9.17) is 0 Å². The predicted molar refractivity (Wildman–Crippen MR) is 95.8 cm³/mol. The molecule has 10 heteroatoms. The van der Waals surface area contributed by atoms with Gasteiger partial charge in [0.15, 0.2) is 0 Å². The summed E-state index contributed by atoms with van der Waals surface area (Å²) < 4.78 is 66.0. The van der Waals surface area contributed by atoms with Crippen molar-refractivity contribution in [2.24, 2.45) is 5.92 Å². The average molecular weight is 413 g/mol. The van der Waals surface area contributed by atoms with Gasteiger partial charge in [-0.2, -0.15) is 17.5 Å². The number of hydrogen-bond acceptors (Lipinski definition) is 4. The quantitative estimate of drug-likeness (QED) is 0.835. The van der Waals surface area contributed by atoms with Gasteiger partial charge in [0.1, 0.15) is 5.82 Å². The Morgan fingerprint density at radius 3 is 2.32 bits per heavy atom. The number of benzene rings is 1. The number of nitrogens with zero attached hydrogens (tertiary/aromatic N) is 2. The van der Waals surface area contributed by atoms with Gasteiger partial charge in [-0.3, -0.25) is 4.79 Å². The third-order valence-corrected chi connectivity index (χ3v) is 6.51. The molecule has 0 saturated carbocycles. The van der Waals surface area contributed by atoms with Gasteiger partial charge in [-0.1, -0.05) is 18.2 Å². The van der Waals surface area contributed by atoms with Crippen LogP contribution < -0.4 is 5.32 Å². The highest BCUT2D eigenvalue weighted by atomic mass is 32.2. The summed E-state index contributed by atoms with van der Waals surface area (Å²) in [7, 11) is -4.31.